The maximum absolute atomic E-state index is 13.6. The monoisotopic (exact) mass is 239 g/mol. The number of nitrogens with zero attached hydrogens (tertiary/aromatic N) is 1. The minimum Gasteiger partial charge on any atom is -0.480 e. The van der Waals surface area contributed by atoms with E-state index in [0.717, 1.165) is 6.42 Å². The van der Waals surface area contributed by atoms with Gasteiger partial charge in [-0.15, -0.1) is 0 Å². The molecule has 0 spiro atoms. The Morgan fingerprint density at radius 1 is 1.47 bits per heavy atom. The zero-order valence-electron chi connectivity index (χ0n) is 10.2. The van der Waals surface area contributed by atoms with Gasteiger partial charge in [-0.25, -0.2) is 4.39 Å². The van der Waals surface area contributed by atoms with Crippen molar-refractivity contribution in [1.82, 2.24) is 4.90 Å². The van der Waals surface area contributed by atoms with Crippen LogP contribution >= 0.6 is 0 Å². The van der Waals surface area contributed by atoms with Crippen LogP contribution in [0.4, 0.5) is 4.39 Å². The second-order valence-electron chi connectivity index (χ2n) is 4.06. The Balaban J connectivity index is 2.87. The van der Waals surface area contributed by atoms with Gasteiger partial charge < -0.3 is 5.11 Å². The molecule has 0 saturated carbocycles. The van der Waals surface area contributed by atoms with E-state index in [0.29, 0.717) is 12.1 Å². The average Bonchev–Trinajstić information content (AvgIpc) is 2.28. The van der Waals surface area contributed by atoms with Crippen LogP contribution < -0.4 is 0 Å². The Kier molecular flexibility index (Phi) is 5.10. The third-order valence-corrected chi connectivity index (χ3v) is 2.75. The molecule has 3 nitrogen and oxygen atoms in total. The van der Waals surface area contributed by atoms with Gasteiger partial charge in [0.25, 0.3) is 0 Å². The standard InChI is InChI=1S/C13H18FNO2/c1-3-8-15(9-13(16)17)10(2)11-6-4-5-7-12(11)14/h4-7,10H,3,8-9H2,1-2H3,(H,16,17). The first-order valence-electron chi connectivity index (χ1n) is 5.76. The van der Waals surface area contributed by atoms with E-state index in [9.17, 15) is 9.18 Å². The van der Waals surface area contributed by atoms with Gasteiger partial charge in [0, 0.05) is 11.6 Å². The highest BCUT2D eigenvalue weighted by Gasteiger charge is 2.19. The maximum Gasteiger partial charge on any atom is 0.317 e. The van der Waals surface area contributed by atoms with Crippen molar-refractivity contribution in [2.75, 3.05) is 13.1 Å². The van der Waals surface area contributed by atoms with Gasteiger partial charge in [0.15, 0.2) is 0 Å². The summed E-state index contributed by atoms with van der Waals surface area (Å²) in [4.78, 5) is 12.5. The fourth-order valence-electron chi connectivity index (χ4n) is 1.88. The van der Waals surface area contributed by atoms with Crippen LogP contribution in [0.1, 0.15) is 31.9 Å². The largest absolute Gasteiger partial charge is 0.480 e. The molecule has 1 atom stereocenters. The van der Waals surface area contributed by atoms with Crippen molar-refractivity contribution in [2.24, 2.45) is 0 Å². The Morgan fingerprint density at radius 3 is 2.65 bits per heavy atom. The predicted octanol–water partition coefficient (Wildman–Crippen LogP) is 2.68. The van der Waals surface area contributed by atoms with E-state index in [1.807, 2.05) is 13.8 Å². The molecular formula is C13H18FNO2. The van der Waals surface area contributed by atoms with Gasteiger partial charge >= 0.3 is 5.97 Å². The summed E-state index contributed by atoms with van der Waals surface area (Å²) in [5.74, 6) is -1.17. The molecular weight excluding hydrogens is 221 g/mol. The molecule has 0 aliphatic heterocycles. The van der Waals surface area contributed by atoms with Crippen molar-refractivity contribution in [3.05, 3.63) is 35.6 Å². The number of aliphatic carboxylic acids is 1. The molecule has 1 aromatic carbocycles. The van der Waals surface area contributed by atoms with Crippen molar-refractivity contribution < 1.29 is 14.3 Å². The summed E-state index contributed by atoms with van der Waals surface area (Å²) in [7, 11) is 0. The second-order valence-corrected chi connectivity index (χ2v) is 4.06. The van der Waals surface area contributed by atoms with Gasteiger partial charge in [0.2, 0.25) is 0 Å². The van der Waals surface area contributed by atoms with E-state index in [2.05, 4.69) is 0 Å². The van der Waals surface area contributed by atoms with Crippen LogP contribution in [0.25, 0.3) is 0 Å². The summed E-state index contributed by atoms with van der Waals surface area (Å²) in [6.45, 7) is 4.38. The lowest BCUT2D eigenvalue weighted by Gasteiger charge is -2.27. The zero-order chi connectivity index (χ0) is 12.8. The third-order valence-electron chi connectivity index (χ3n) is 2.75. The molecule has 0 fully saturated rings. The summed E-state index contributed by atoms with van der Waals surface area (Å²) in [6.07, 6.45) is 0.839. The summed E-state index contributed by atoms with van der Waals surface area (Å²) >= 11 is 0. The van der Waals surface area contributed by atoms with Gasteiger partial charge in [0.05, 0.1) is 6.54 Å². The first-order valence-corrected chi connectivity index (χ1v) is 5.76. The van der Waals surface area contributed by atoms with Crippen molar-refractivity contribution in [3.63, 3.8) is 0 Å². The second kappa shape index (κ2) is 6.35. The van der Waals surface area contributed by atoms with Gasteiger partial charge in [0.1, 0.15) is 5.82 Å². The number of rotatable bonds is 6. The molecule has 1 N–H and O–H groups in total. The molecule has 0 amide bonds. The average molecular weight is 239 g/mol. The first-order chi connectivity index (χ1) is 8.06. The molecule has 1 aromatic rings. The molecule has 0 aromatic heterocycles. The topological polar surface area (TPSA) is 40.5 Å². The number of hydrogen-bond acceptors (Lipinski definition) is 2. The van der Waals surface area contributed by atoms with Crippen molar-refractivity contribution in [1.29, 1.82) is 0 Å². The number of carbonyl (C=O) groups is 1. The highest BCUT2D eigenvalue weighted by atomic mass is 19.1. The van der Waals surface area contributed by atoms with Crippen molar-refractivity contribution in [3.8, 4) is 0 Å². The summed E-state index contributed by atoms with van der Waals surface area (Å²) < 4.78 is 13.6. The number of halogens is 1. The summed E-state index contributed by atoms with van der Waals surface area (Å²) in [5, 5.41) is 8.84. The Labute approximate surface area is 101 Å². The van der Waals surface area contributed by atoms with Crippen molar-refractivity contribution >= 4 is 5.97 Å². The fourth-order valence-corrected chi connectivity index (χ4v) is 1.88. The SMILES string of the molecule is CCCN(CC(=O)O)C(C)c1ccccc1F. The molecule has 17 heavy (non-hydrogen) atoms. The lowest BCUT2D eigenvalue weighted by Crippen LogP contribution is -2.33. The summed E-state index contributed by atoms with van der Waals surface area (Å²) in [6, 6.07) is 6.26. The molecule has 0 saturated heterocycles. The molecule has 0 aliphatic rings. The normalized spacial score (nSPS) is 12.7. The van der Waals surface area contributed by atoms with Gasteiger partial charge in [-0.1, -0.05) is 25.1 Å². The van der Waals surface area contributed by atoms with E-state index >= 15 is 0 Å². The van der Waals surface area contributed by atoms with Gasteiger partial charge in [-0.2, -0.15) is 0 Å². The van der Waals surface area contributed by atoms with Crippen LogP contribution in [0, 0.1) is 5.82 Å². The zero-order valence-corrected chi connectivity index (χ0v) is 10.2. The Hall–Kier alpha value is -1.42. The molecule has 4 heteroatoms. The molecule has 1 unspecified atom stereocenters. The first kappa shape index (κ1) is 13.6. The smallest absolute Gasteiger partial charge is 0.317 e. The lowest BCUT2D eigenvalue weighted by molar-refractivity contribution is -0.138. The van der Waals surface area contributed by atoms with Gasteiger partial charge in [-0.05, 0) is 26.0 Å². The minimum atomic E-state index is -0.887. The fraction of sp³-hybridized carbons (Fsp3) is 0.462. The lowest BCUT2D eigenvalue weighted by atomic mass is 10.1. The van der Waals surface area contributed by atoms with E-state index < -0.39 is 5.97 Å². The van der Waals surface area contributed by atoms with Crippen LogP contribution in [-0.2, 0) is 4.79 Å². The molecule has 0 bridgehead atoms. The van der Waals surface area contributed by atoms with Crippen LogP contribution in [0.2, 0.25) is 0 Å². The highest BCUT2D eigenvalue weighted by Crippen LogP contribution is 2.22. The molecule has 0 aliphatic carbocycles. The quantitative estimate of drug-likeness (QED) is 0.829. The van der Waals surface area contributed by atoms with Crippen LogP contribution in [-0.4, -0.2) is 29.1 Å². The van der Waals surface area contributed by atoms with Crippen LogP contribution in [0.15, 0.2) is 24.3 Å². The maximum atomic E-state index is 13.6. The van der Waals surface area contributed by atoms with Crippen LogP contribution in [0.5, 0.6) is 0 Å². The van der Waals surface area contributed by atoms with E-state index in [1.54, 1.807) is 23.1 Å². The van der Waals surface area contributed by atoms with E-state index in [4.69, 9.17) is 5.11 Å². The number of carboxylic acid groups (broad SMARTS) is 1. The van der Waals surface area contributed by atoms with Crippen molar-refractivity contribution in [2.45, 2.75) is 26.3 Å². The highest BCUT2D eigenvalue weighted by molar-refractivity contribution is 5.69. The number of benzene rings is 1. The Morgan fingerprint density at radius 2 is 2.12 bits per heavy atom. The third kappa shape index (κ3) is 3.82. The molecule has 1 rings (SSSR count). The van der Waals surface area contributed by atoms with E-state index in [1.165, 1.54) is 6.07 Å². The predicted molar refractivity (Wildman–Crippen MR) is 64.3 cm³/mol. The molecule has 0 heterocycles. The number of hydrogen-bond donors (Lipinski definition) is 1. The van der Waals surface area contributed by atoms with Crippen LogP contribution in [0.3, 0.4) is 0 Å². The Bertz CT molecular complexity index is 381. The molecule has 0 radical (unpaired) electrons. The number of carboxylic acids is 1. The molecule has 94 valence electrons. The summed E-state index contributed by atoms with van der Waals surface area (Å²) in [5.41, 5.74) is 0.544. The minimum absolute atomic E-state index is 0.0661. The van der Waals surface area contributed by atoms with Gasteiger partial charge in [-0.3, -0.25) is 9.69 Å². The van der Waals surface area contributed by atoms with E-state index in [-0.39, 0.29) is 18.4 Å².